The summed E-state index contributed by atoms with van der Waals surface area (Å²) in [7, 11) is 7.30. The van der Waals surface area contributed by atoms with E-state index in [2.05, 4.69) is 46.4 Å². The molecule has 0 bridgehead atoms. The van der Waals surface area contributed by atoms with Crippen LogP contribution in [0.4, 0.5) is 5.69 Å². The molecule has 0 spiro atoms. The van der Waals surface area contributed by atoms with Crippen molar-refractivity contribution in [2.45, 2.75) is 19.4 Å². The van der Waals surface area contributed by atoms with E-state index in [0.717, 1.165) is 12.1 Å². The number of hydrogen-bond donors (Lipinski definition) is 2. The highest BCUT2D eigenvalue weighted by Crippen LogP contribution is 2.29. The Morgan fingerprint density at radius 1 is 1.07 bits per heavy atom. The molecule has 0 radical (unpaired) electrons. The molecule has 154 valence electrons. The van der Waals surface area contributed by atoms with Crippen LogP contribution in [0.2, 0.25) is 0 Å². The number of hydrogen-bond acceptors (Lipinski definition) is 4. The van der Waals surface area contributed by atoms with E-state index in [1.54, 1.807) is 14.2 Å². The lowest BCUT2D eigenvalue weighted by Crippen LogP contribution is -2.27. The first-order chi connectivity index (χ1) is 13.0. The Hall–Kier alpha value is -2.00. The largest absolute Gasteiger partial charge is 0.493 e. The minimum atomic E-state index is 0. The minimum Gasteiger partial charge on any atom is -0.493 e. The van der Waals surface area contributed by atoms with Gasteiger partial charge >= 0.3 is 0 Å². The minimum absolute atomic E-state index is 0. The molecule has 6 nitrogen and oxygen atoms in total. The zero-order valence-electron chi connectivity index (χ0n) is 17.2. The molecule has 0 aliphatic heterocycles. The van der Waals surface area contributed by atoms with Gasteiger partial charge in [-0.1, -0.05) is 31.2 Å². The van der Waals surface area contributed by atoms with Crippen LogP contribution in [0.5, 0.6) is 11.5 Å². The third-order valence-electron chi connectivity index (χ3n) is 4.49. The lowest BCUT2D eigenvalue weighted by atomic mass is 10.0. The monoisotopic (exact) mass is 498 g/mol. The van der Waals surface area contributed by atoms with Crippen LogP contribution < -0.4 is 20.5 Å². The van der Waals surface area contributed by atoms with Crippen LogP contribution in [0, 0.1) is 0 Å². The fraction of sp³-hybridized carbons (Fsp3) is 0.381. The summed E-state index contributed by atoms with van der Waals surface area (Å²) < 4.78 is 10.6. The number of aliphatic imine (C=N–C) groups is 1. The Bertz CT molecular complexity index is 764. The number of methoxy groups -OCH3 is 2. The maximum atomic E-state index is 6.09. The molecule has 1 atom stereocenters. The van der Waals surface area contributed by atoms with E-state index in [1.165, 1.54) is 11.1 Å². The lowest BCUT2D eigenvalue weighted by molar-refractivity contribution is 0.306. The van der Waals surface area contributed by atoms with E-state index in [9.17, 15) is 0 Å². The zero-order chi connectivity index (χ0) is 19.8. The summed E-state index contributed by atoms with van der Waals surface area (Å²) in [6, 6.07) is 14.3. The van der Waals surface area contributed by atoms with Gasteiger partial charge in [0.1, 0.15) is 0 Å². The van der Waals surface area contributed by atoms with E-state index in [-0.39, 0.29) is 30.0 Å². The molecule has 2 rings (SSSR count). The molecular formula is C21H31IN4O2. The average Bonchev–Trinajstić information content (AvgIpc) is 2.68. The third-order valence-corrected chi connectivity index (χ3v) is 4.49. The van der Waals surface area contributed by atoms with Gasteiger partial charge in [0.15, 0.2) is 17.5 Å². The number of rotatable bonds is 8. The first kappa shape index (κ1) is 24.0. The summed E-state index contributed by atoms with van der Waals surface area (Å²) in [6.45, 7) is 2.72. The van der Waals surface area contributed by atoms with Crippen molar-refractivity contribution in [2.24, 2.45) is 10.7 Å². The van der Waals surface area contributed by atoms with Gasteiger partial charge in [0.05, 0.1) is 26.8 Å². The summed E-state index contributed by atoms with van der Waals surface area (Å²) in [4.78, 5) is 6.67. The Labute approximate surface area is 185 Å². The second-order valence-electron chi connectivity index (χ2n) is 6.50. The maximum Gasteiger partial charge on any atom is 0.193 e. The fourth-order valence-corrected chi connectivity index (χ4v) is 2.83. The Morgan fingerprint density at radius 3 is 2.25 bits per heavy atom. The number of likely N-dealkylation sites (N-methyl/N-ethyl adjacent to an activating group) is 1. The molecule has 0 amide bonds. The summed E-state index contributed by atoms with van der Waals surface area (Å²) in [5.41, 5.74) is 9.43. The number of nitrogens with one attached hydrogen (secondary N) is 1. The normalized spacial score (nSPS) is 12.3. The summed E-state index contributed by atoms with van der Waals surface area (Å²) in [6.07, 6.45) is 1.03. The Kier molecular flexibility index (Phi) is 10.1. The summed E-state index contributed by atoms with van der Waals surface area (Å²) >= 11 is 0. The van der Waals surface area contributed by atoms with E-state index in [4.69, 9.17) is 15.2 Å². The highest BCUT2D eigenvalue weighted by molar-refractivity contribution is 14.0. The number of aryl methyl sites for hydroxylation is 1. The van der Waals surface area contributed by atoms with Crippen molar-refractivity contribution in [3.8, 4) is 11.5 Å². The number of nitrogens with zero attached hydrogens (tertiary/aromatic N) is 2. The second kappa shape index (κ2) is 11.8. The van der Waals surface area contributed by atoms with Crippen molar-refractivity contribution in [3.05, 3.63) is 53.6 Å². The molecule has 28 heavy (non-hydrogen) atoms. The molecule has 0 aliphatic rings. The third kappa shape index (κ3) is 6.56. The molecule has 3 N–H and O–H groups in total. The molecule has 2 aromatic rings. The van der Waals surface area contributed by atoms with Gasteiger partial charge in [0.2, 0.25) is 0 Å². The van der Waals surface area contributed by atoms with Crippen molar-refractivity contribution in [1.82, 2.24) is 4.90 Å². The topological polar surface area (TPSA) is 72.1 Å². The quantitative estimate of drug-likeness (QED) is 0.328. The van der Waals surface area contributed by atoms with Gasteiger partial charge in [-0.3, -0.25) is 4.99 Å². The van der Waals surface area contributed by atoms with Gasteiger partial charge in [-0.2, -0.15) is 0 Å². The van der Waals surface area contributed by atoms with Crippen LogP contribution in [0.3, 0.4) is 0 Å². The van der Waals surface area contributed by atoms with Crippen LogP contribution in [0.25, 0.3) is 0 Å². The van der Waals surface area contributed by atoms with Gasteiger partial charge in [-0.05, 0) is 43.8 Å². The summed E-state index contributed by atoms with van der Waals surface area (Å²) in [5, 5.41) is 3.11. The van der Waals surface area contributed by atoms with Crippen LogP contribution in [-0.4, -0.2) is 45.7 Å². The number of anilines is 1. The molecule has 7 heteroatoms. The zero-order valence-corrected chi connectivity index (χ0v) is 19.6. The molecule has 0 fully saturated rings. The lowest BCUT2D eigenvalue weighted by Gasteiger charge is -2.23. The van der Waals surface area contributed by atoms with Gasteiger partial charge in [-0.25, -0.2) is 0 Å². The number of halogens is 1. The predicted molar refractivity (Wildman–Crippen MR) is 127 cm³/mol. The Balaban J connectivity index is 0.00000392. The molecule has 0 saturated carbocycles. The molecule has 0 heterocycles. The highest BCUT2D eigenvalue weighted by atomic mass is 127. The van der Waals surface area contributed by atoms with Crippen molar-refractivity contribution >= 4 is 35.6 Å². The van der Waals surface area contributed by atoms with Crippen LogP contribution in [0.15, 0.2) is 47.5 Å². The number of benzene rings is 2. The first-order valence-corrected chi connectivity index (χ1v) is 9.02. The molecule has 0 aliphatic carbocycles. The van der Waals surface area contributed by atoms with Crippen LogP contribution >= 0.6 is 24.0 Å². The molecule has 0 saturated heterocycles. The first-order valence-electron chi connectivity index (χ1n) is 9.02. The van der Waals surface area contributed by atoms with E-state index in [1.807, 2.05) is 32.3 Å². The van der Waals surface area contributed by atoms with E-state index >= 15 is 0 Å². The van der Waals surface area contributed by atoms with Crippen molar-refractivity contribution in [1.29, 1.82) is 0 Å². The molecule has 2 aromatic carbocycles. The Morgan fingerprint density at radius 2 is 1.71 bits per heavy atom. The standard InChI is InChI=1S/C21H30N4O2.HI/c1-6-15-7-9-16(10-8-15)18(25(2)3)14-23-21(22)24-17-11-12-19(26-4)20(13-17)27-5;/h7-13,18H,6,14H2,1-5H3,(H3,22,23,24);1H. The molecule has 0 aromatic heterocycles. The number of guanidine groups is 1. The SMILES string of the molecule is CCc1ccc(C(CN=C(N)Nc2ccc(OC)c(OC)c2)N(C)C)cc1.I. The van der Waals surface area contributed by atoms with E-state index in [0.29, 0.717) is 24.0 Å². The van der Waals surface area contributed by atoms with Gasteiger partial charge < -0.3 is 25.4 Å². The smallest absolute Gasteiger partial charge is 0.193 e. The predicted octanol–water partition coefficient (Wildman–Crippen LogP) is 3.91. The highest BCUT2D eigenvalue weighted by Gasteiger charge is 2.14. The second-order valence-corrected chi connectivity index (χ2v) is 6.50. The number of ether oxygens (including phenoxy) is 2. The summed E-state index contributed by atoms with van der Waals surface area (Å²) in [5.74, 6) is 1.67. The van der Waals surface area contributed by atoms with Gasteiger partial charge in [0.25, 0.3) is 0 Å². The average molecular weight is 498 g/mol. The van der Waals surface area contributed by atoms with Crippen LogP contribution in [0.1, 0.15) is 24.1 Å². The fourth-order valence-electron chi connectivity index (χ4n) is 2.83. The number of nitrogens with two attached hydrogens (primary N) is 1. The van der Waals surface area contributed by atoms with Crippen molar-refractivity contribution < 1.29 is 9.47 Å². The van der Waals surface area contributed by atoms with Crippen LogP contribution in [-0.2, 0) is 6.42 Å². The van der Waals surface area contributed by atoms with Crippen molar-refractivity contribution in [2.75, 3.05) is 40.2 Å². The van der Waals surface area contributed by atoms with E-state index < -0.39 is 0 Å². The van der Waals surface area contributed by atoms with Crippen molar-refractivity contribution in [3.63, 3.8) is 0 Å². The van der Waals surface area contributed by atoms with Gasteiger partial charge in [-0.15, -0.1) is 24.0 Å². The molecule has 1 unspecified atom stereocenters. The molecular weight excluding hydrogens is 467 g/mol. The van der Waals surface area contributed by atoms with Gasteiger partial charge in [0, 0.05) is 11.8 Å². The maximum absolute atomic E-state index is 6.09.